The van der Waals surface area contributed by atoms with E-state index in [1.54, 1.807) is 0 Å². The van der Waals surface area contributed by atoms with Gasteiger partial charge in [0.1, 0.15) is 0 Å². The van der Waals surface area contributed by atoms with Crippen molar-refractivity contribution in [2.75, 3.05) is 6.67 Å². The summed E-state index contributed by atoms with van der Waals surface area (Å²) >= 11 is 2.14. The number of hydrogen-bond acceptors (Lipinski definition) is 2. The Bertz CT molecular complexity index is 908. The summed E-state index contributed by atoms with van der Waals surface area (Å²) in [6.45, 7) is 9.83. The van der Waals surface area contributed by atoms with Crippen LogP contribution in [0.5, 0.6) is 0 Å². The molecule has 0 aromatic heterocycles. The van der Waals surface area contributed by atoms with Gasteiger partial charge in [-0.05, 0) is 27.7 Å². The number of benzene rings is 2. The molecule has 0 atom stereocenters. The van der Waals surface area contributed by atoms with Crippen molar-refractivity contribution in [1.29, 1.82) is 0 Å². The van der Waals surface area contributed by atoms with Crippen molar-refractivity contribution in [2.45, 2.75) is 34.1 Å². The number of halogens is 2. The average Bonchev–Trinajstić information content (AvgIpc) is 3.38. The van der Waals surface area contributed by atoms with Crippen LogP contribution in [0.3, 0.4) is 0 Å². The van der Waals surface area contributed by atoms with E-state index in [-0.39, 0.29) is 24.8 Å². The second-order valence-electron chi connectivity index (χ2n) is 7.72. The SMILES string of the molecule is Cc1cccc(C)c1[N+]1(c2c(C)cccc2C)N2C=CN1C2.Cl.Cl.[Ti][C]1=CC=CC1. The zero-order valence-corrected chi connectivity index (χ0v) is 21.1. The summed E-state index contributed by atoms with van der Waals surface area (Å²) in [6.07, 6.45) is 12.0. The van der Waals surface area contributed by atoms with Crippen LogP contribution in [0, 0.1) is 27.7 Å². The Morgan fingerprint density at radius 1 is 0.767 bits per heavy atom. The molecule has 0 saturated carbocycles. The molecule has 157 valence electrons. The molecule has 2 aromatic rings. The van der Waals surface area contributed by atoms with E-state index < -0.39 is 0 Å². The van der Waals surface area contributed by atoms with E-state index in [4.69, 9.17) is 0 Å². The number of allylic oxidation sites excluding steroid dienone is 4. The first kappa shape index (κ1) is 24.8. The van der Waals surface area contributed by atoms with Crippen molar-refractivity contribution in [3.63, 3.8) is 0 Å². The van der Waals surface area contributed by atoms with Gasteiger partial charge in [-0.3, -0.25) is 0 Å². The van der Waals surface area contributed by atoms with E-state index in [9.17, 15) is 0 Å². The van der Waals surface area contributed by atoms with Gasteiger partial charge in [0.2, 0.25) is 0 Å². The van der Waals surface area contributed by atoms with E-state index in [2.05, 4.69) is 125 Å². The predicted molar refractivity (Wildman–Crippen MR) is 127 cm³/mol. The van der Waals surface area contributed by atoms with Crippen molar-refractivity contribution >= 4 is 36.2 Å². The molecule has 3 aliphatic heterocycles. The van der Waals surface area contributed by atoms with Crippen molar-refractivity contribution in [2.24, 2.45) is 0 Å². The first-order valence-corrected chi connectivity index (χ1v) is 10.6. The van der Waals surface area contributed by atoms with Crippen LogP contribution < -0.4 is 4.70 Å². The quantitative estimate of drug-likeness (QED) is 0.352. The minimum absolute atomic E-state index is 0. The van der Waals surface area contributed by atoms with E-state index in [0.29, 0.717) is 4.70 Å². The van der Waals surface area contributed by atoms with Crippen molar-refractivity contribution in [1.82, 2.24) is 14.7 Å². The summed E-state index contributed by atoms with van der Waals surface area (Å²) in [4.78, 5) is 0. The molecule has 6 heteroatoms. The first-order valence-electron chi connectivity index (χ1n) is 9.78. The van der Waals surface area contributed by atoms with Gasteiger partial charge in [0.15, 0.2) is 18.0 Å². The number of quaternary nitrogens is 1. The third-order valence-electron chi connectivity index (χ3n) is 5.72. The summed E-state index contributed by atoms with van der Waals surface area (Å²) < 4.78 is 2.16. The third kappa shape index (κ3) is 3.90. The van der Waals surface area contributed by atoms with Gasteiger partial charge in [0.25, 0.3) is 0 Å². The molecule has 2 aromatic carbocycles. The van der Waals surface area contributed by atoms with Gasteiger partial charge in [0, 0.05) is 22.3 Å². The van der Waals surface area contributed by atoms with Crippen molar-refractivity contribution in [3.05, 3.63) is 93.2 Å². The van der Waals surface area contributed by atoms with Gasteiger partial charge >= 0.3 is 49.0 Å². The van der Waals surface area contributed by atoms with Gasteiger partial charge in [-0.1, -0.05) is 41.1 Å². The average molecular weight is 478 g/mol. The second-order valence-corrected chi connectivity index (χ2v) is 8.73. The van der Waals surface area contributed by atoms with Crippen LogP contribution in [0.2, 0.25) is 0 Å². The standard InChI is InChI=1S/C19H22N3.C5H5.2ClH.Ti/c1-14-7-5-8-15(2)18(14)22(20-11-12-21(22)13-20)19-16(3)9-6-10-17(19)4;1-2-4-5-3-1;;;/h5-12H,13H2,1-4H3;1-3H,4H2;2*1H;/q+1;;;;. The molecule has 0 spiro atoms. The molecule has 4 aliphatic rings. The molecule has 2 bridgehead atoms. The number of rotatable bonds is 2. The number of hydrogen-bond donors (Lipinski definition) is 0. The molecule has 3 nitrogen and oxygen atoms in total. The molecule has 0 N–H and O–H groups in total. The van der Waals surface area contributed by atoms with E-state index >= 15 is 0 Å². The molecule has 0 amide bonds. The molecule has 0 unspecified atom stereocenters. The maximum absolute atomic E-state index is 2.41. The zero-order chi connectivity index (χ0) is 19.9. The van der Waals surface area contributed by atoms with Crippen molar-refractivity contribution in [3.8, 4) is 0 Å². The van der Waals surface area contributed by atoms with Gasteiger partial charge in [-0.2, -0.15) is 10.0 Å². The van der Waals surface area contributed by atoms with Gasteiger partial charge in [0.05, 0.1) is 12.4 Å². The Morgan fingerprint density at radius 2 is 1.20 bits per heavy atom. The summed E-state index contributed by atoms with van der Waals surface area (Å²) in [5.41, 5.74) is 8.08. The Balaban J connectivity index is 0.000000349. The van der Waals surface area contributed by atoms with E-state index in [0.717, 1.165) is 6.67 Å². The molecular formula is C24H29Cl2N3Ti+. The molecular weight excluding hydrogens is 449 g/mol. The maximum atomic E-state index is 2.41. The van der Waals surface area contributed by atoms with Crippen LogP contribution >= 0.6 is 24.8 Å². The Labute approximate surface area is 204 Å². The molecule has 0 radical (unpaired) electrons. The van der Waals surface area contributed by atoms with Gasteiger partial charge in [-0.15, -0.1) is 24.8 Å². The van der Waals surface area contributed by atoms with Crippen molar-refractivity contribution < 1.29 is 20.4 Å². The Morgan fingerprint density at radius 3 is 1.47 bits per heavy atom. The fraction of sp³-hybridized carbons (Fsp3) is 0.250. The number of aryl methyl sites for hydroxylation is 4. The molecule has 1 aliphatic carbocycles. The molecule has 1 saturated heterocycles. The summed E-state index contributed by atoms with van der Waals surface area (Å²) in [5, 5.41) is 4.81. The summed E-state index contributed by atoms with van der Waals surface area (Å²) in [5.74, 6) is 0. The molecule has 6 rings (SSSR count). The fourth-order valence-corrected chi connectivity index (χ4v) is 4.86. The van der Waals surface area contributed by atoms with E-state index in [1.807, 2.05) is 0 Å². The van der Waals surface area contributed by atoms with Crippen LogP contribution in [0.15, 0.2) is 70.9 Å². The predicted octanol–water partition coefficient (Wildman–Crippen LogP) is 6.67. The zero-order valence-electron chi connectivity index (χ0n) is 17.9. The van der Waals surface area contributed by atoms with Crippen LogP contribution in [0.25, 0.3) is 0 Å². The number of nitrogens with zero attached hydrogens (tertiary/aromatic N) is 3. The normalized spacial score (nSPS) is 16.7. The van der Waals surface area contributed by atoms with Crippen LogP contribution in [-0.4, -0.2) is 16.7 Å². The topological polar surface area (TPSA) is 6.48 Å². The summed E-state index contributed by atoms with van der Waals surface area (Å²) in [7, 11) is 0. The van der Waals surface area contributed by atoms with Gasteiger partial charge < -0.3 is 0 Å². The van der Waals surface area contributed by atoms with Crippen LogP contribution in [0.4, 0.5) is 11.4 Å². The molecule has 30 heavy (non-hydrogen) atoms. The third-order valence-corrected chi connectivity index (χ3v) is 6.30. The minimum atomic E-state index is 0. The summed E-state index contributed by atoms with van der Waals surface area (Å²) in [6, 6.07) is 13.2. The Hall–Kier alpha value is -1.49. The second kappa shape index (κ2) is 9.76. The first-order chi connectivity index (χ1) is 13.5. The monoisotopic (exact) mass is 477 g/mol. The van der Waals surface area contributed by atoms with Crippen LogP contribution in [0.1, 0.15) is 28.7 Å². The number of para-hydroxylation sites is 2. The van der Waals surface area contributed by atoms with Crippen LogP contribution in [-0.2, 0) is 20.4 Å². The van der Waals surface area contributed by atoms with Gasteiger partial charge in [-0.25, -0.2) is 0 Å². The molecule has 3 heterocycles. The Kier molecular flexibility index (Phi) is 8.06. The molecule has 1 fully saturated rings. The van der Waals surface area contributed by atoms with E-state index in [1.165, 1.54) is 43.9 Å². The fourth-order valence-electron chi connectivity index (χ4n) is 4.52.